The molecule has 2 N–H and O–H groups in total. The first kappa shape index (κ1) is 16.5. The smallest absolute Gasteiger partial charge is 0.283 e. The molecule has 21 heavy (non-hydrogen) atoms. The lowest BCUT2D eigenvalue weighted by molar-refractivity contribution is 0.0167. The average molecular weight is 360 g/mol. The SMILES string of the molecule is COCCn1ncc(NCC2(O)CCCCC2)c(Br)c1=O. The van der Waals surface area contributed by atoms with Gasteiger partial charge in [0.15, 0.2) is 0 Å². The molecule has 6 nitrogen and oxygen atoms in total. The molecule has 0 spiro atoms. The number of halogens is 1. The highest BCUT2D eigenvalue weighted by atomic mass is 79.9. The third kappa shape index (κ3) is 4.28. The number of methoxy groups -OCH3 is 1. The van der Waals surface area contributed by atoms with Crippen LogP contribution in [0.5, 0.6) is 0 Å². The van der Waals surface area contributed by atoms with Crippen molar-refractivity contribution in [1.82, 2.24) is 9.78 Å². The van der Waals surface area contributed by atoms with E-state index in [1.54, 1.807) is 13.3 Å². The van der Waals surface area contributed by atoms with E-state index in [0.717, 1.165) is 25.7 Å². The summed E-state index contributed by atoms with van der Waals surface area (Å²) in [5.41, 5.74) is -0.261. The number of aliphatic hydroxyl groups is 1. The van der Waals surface area contributed by atoms with Crippen LogP contribution in [0.1, 0.15) is 32.1 Å². The van der Waals surface area contributed by atoms with Crippen LogP contribution in [0.15, 0.2) is 15.5 Å². The molecule has 0 radical (unpaired) electrons. The Morgan fingerprint density at radius 2 is 2.19 bits per heavy atom. The van der Waals surface area contributed by atoms with Crippen LogP contribution in [0.25, 0.3) is 0 Å². The standard InChI is InChI=1S/C14H22BrN3O3/c1-21-8-7-18-13(19)12(15)11(9-17-18)16-10-14(20)5-3-2-4-6-14/h9,16,20H,2-8,10H2,1H3. The maximum absolute atomic E-state index is 12.1. The number of nitrogens with one attached hydrogen (secondary N) is 1. The van der Waals surface area contributed by atoms with E-state index in [9.17, 15) is 9.90 Å². The van der Waals surface area contributed by atoms with Crippen LogP contribution in [0, 0.1) is 0 Å². The summed E-state index contributed by atoms with van der Waals surface area (Å²) in [4.78, 5) is 12.1. The van der Waals surface area contributed by atoms with Crippen LogP contribution in [-0.2, 0) is 11.3 Å². The van der Waals surface area contributed by atoms with Crippen molar-refractivity contribution in [2.24, 2.45) is 0 Å². The summed E-state index contributed by atoms with van der Waals surface area (Å²) >= 11 is 3.31. The van der Waals surface area contributed by atoms with E-state index in [4.69, 9.17) is 4.74 Å². The second-order valence-electron chi connectivity index (χ2n) is 5.53. The fourth-order valence-electron chi connectivity index (χ4n) is 2.57. The van der Waals surface area contributed by atoms with Gasteiger partial charge in [-0.3, -0.25) is 4.79 Å². The number of nitrogens with zero attached hydrogens (tertiary/aromatic N) is 2. The molecule has 1 aromatic heterocycles. The molecule has 2 rings (SSSR count). The molecule has 7 heteroatoms. The fraction of sp³-hybridized carbons (Fsp3) is 0.714. The lowest BCUT2D eigenvalue weighted by Gasteiger charge is -2.32. The zero-order valence-corrected chi connectivity index (χ0v) is 13.9. The molecule has 0 aromatic carbocycles. The average Bonchev–Trinajstić information content (AvgIpc) is 2.48. The molecule has 1 aliphatic carbocycles. The fourth-order valence-corrected chi connectivity index (χ4v) is 3.02. The second-order valence-corrected chi connectivity index (χ2v) is 6.32. The van der Waals surface area contributed by atoms with E-state index in [-0.39, 0.29) is 5.56 Å². The Balaban J connectivity index is 2.03. The molecular weight excluding hydrogens is 338 g/mol. The van der Waals surface area contributed by atoms with Gasteiger partial charge in [0.2, 0.25) is 0 Å². The maximum atomic E-state index is 12.1. The number of rotatable bonds is 6. The normalized spacial score (nSPS) is 17.7. The lowest BCUT2D eigenvalue weighted by atomic mass is 9.85. The molecule has 1 aliphatic rings. The maximum Gasteiger partial charge on any atom is 0.283 e. The third-order valence-electron chi connectivity index (χ3n) is 3.88. The zero-order chi connectivity index (χ0) is 15.3. The highest BCUT2D eigenvalue weighted by Gasteiger charge is 2.29. The van der Waals surface area contributed by atoms with E-state index in [1.165, 1.54) is 11.1 Å². The van der Waals surface area contributed by atoms with Crippen LogP contribution < -0.4 is 10.9 Å². The first-order valence-corrected chi connectivity index (χ1v) is 8.06. The molecule has 0 amide bonds. The van der Waals surface area contributed by atoms with Gasteiger partial charge in [-0.25, -0.2) is 4.68 Å². The van der Waals surface area contributed by atoms with Gasteiger partial charge in [0.05, 0.1) is 30.6 Å². The topological polar surface area (TPSA) is 76.4 Å². The van der Waals surface area contributed by atoms with E-state index in [2.05, 4.69) is 26.3 Å². The Kier molecular flexibility index (Phi) is 5.78. The van der Waals surface area contributed by atoms with Gasteiger partial charge >= 0.3 is 0 Å². The quantitative estimate of drug-likeness (QED) is 0.809. The molecule has 1 aromatic rings. The Morgan fingerprint density at radius 1 is 1.48 bits per heavy atom. The van der Waals surface area contributed by atoms with Gasteiger partial charge < -0.3 is 15.2 Å². The Labute approximate surface area is 132 Å². The molecule has 1 heterocycles. The molecule has 1 saturated carbocycles. The largest absolute Gasteiger partial charge is 0.388 e. The van der Waals surface area contributed by atoms with E-state index in [1.807, 2.05) is 0 Å². The number of hydrogen-bond donors (Lipinski definition) is 2. The van der Waals surface area contributed by atoms with Crippen LogP contribution in [0.2, 0.25) is 0 Å². The van der Waals surface area contributed by atoms with Crippen LogP contribution in [-0.4, -0.2) is 40.7 Å². The molecular formula is C14H22BrN3O3. The molecule has 118 valence electrons. The third-order valence-corrected chi connectivity index (χ3v) is 4.65. The Bertz CT molecular complexity index is 527. The number of hydrogen-bond acceptors (Lipinski definition) is 5. The van der Waals surface area contributed by atoms with Crippen LogP contribution >= 0.6 is 15.9 Å². The van der Waals surface area contributed by atoms with E-state index in [0.29, 0.717) is 29.9 Å². The van der Waals surface area contributed by atoms with Gasteiger partial charge in [0.25, 0.3) is 5.56 Å². The Hall–Kier alpha value is -0.920. The van der Waals surface area contributed by atoms with Gasteiger partial charge in [-0.2, -0.15) is 5.10 Å². The van der Waals surface area contributed by atoms with Gasteiger partial charge in [0, 0.05) is 13.7 Å². The molecule has 0 saturated heterocycles. The summed E-state index contributed by atoms with van der Waals surface area (Å²) in [6.07, 6.45) is 6.49. The minimum absolute atomic E-state index is 0.201. The monoisotopic (exact) mass is 359 g/mol. The van der Waals surface area contributed by atoms with E-state index >= 15 is 0 Å². The highest BCUT2D eigenvalue weighted by Crippen LogP contribution is 2.28. The molecule has 0 unspecified atom stereocenters. The van der Waals surface area contributed by atoms with Crippen molar-refractivity contribution in [3.63, 3.8) is 0 Å². The minimum Gasteiger partial charge on any atom is -0.388 e. The van der Waals surface area contributed by atoms with Crippen molar-refractivity contribution in [3.8, 4) is 0 Å². The van der Waals surface area contributed by atoms with Crippen molar-refractivity contribution >= 4 is 21.6 Å². The predicted molar refractivity (Wildman–Crippen MR) is 84.6 cm³/mol. The van der Waals surface area contributed by atoms with Crippen molar-refractivity contribution in [2.45, 2.75) is 44.2 Å². The molecule has 1 fully saturated rings. The van der Waals surface area contributed by atoms with Crippen LogP contribution in [0.3, 0.4) is 0 Å². The molecule has 0 aliphatic heterocycles. The van der Waals surface area contributed by atoms with E-state index < -0.39 is 5.60 Å². The summed E-state index contributed by atoms with van der Waals surface area (Å²) in [7, 11) is 1.58. The summed E-state index contributed by atoms with van der Waals surface area (Å²) in [6.45, 7) is 1.29. The van der Waals surface area contributed by atoms with Gasteiger partial charge in [0.1, 0.15) is 4.47 Å². The van der Waals surface area contributed by atoms with Crippen molar-refractivity contribution < 1.29 is 9.84 Å². The lowest BCUT2D eigenvalue weighted by Crippen LogP contribution is -2.39. The Morgan fingerprint density at radius 3 is 2.86 bits per heavy atom. The minimum atomic E-state index is -0.678. The first-order valence-electron chi connectivity index (χ1n) is 7.26. The summed E-state index contributed by atoms with van der Waals surface area (Å²) in [5.74, 6) is 0. The number of aromatic nitrogens is 2. The zero-order valence-electron chi connectivity index (χ0n) is 12.3. The highest BCUT2D eigenvalue weighted by molar-refractivity contribution is 9.10. The molecule has 0 bridgehead atoms. The number of ether oxygens (including phenoxy) is 1. The van der Waals surface area contributed by atoms with Gasteiger partial charge in [-0.05, 0) is 28.8 Å². The predicted octanol–water partition coefficient (Wildman–Crippen LogP) is 1.76. The van der Waals surface area contributed by atoms with Gasteiger partial charge in [-0.15, -0.1) is 0 Å². The second kappa shape index (κ2) is 7.38. The van der Waals surface area contributed by atoms with Gasteiger partial charge in [-0.1, -0.05) is 19.3 Å². The number of anilines is 1. The van der Waals surface area contributed by atoms with Crippen molar-refractivity contribution in [1.29, 1.82) is 0 Å². The molecule has 0 atom stereocenters. The van der Waals surface area contributed by atoms with Crippen LogP contribution in [0.4, 0.5) is 5.69 Å². The summed E-state index contributed by atoms with van der Waals surface area (Å²) < 4.78 is 6.74. The van der Waals surface area contributed by atoms with Crippen molar-refractivity contribution in [3.05, 3.63) is 21.0 Å². The first-order chi connectivity index (χ1) is 10.1. The summed E-state index contributed by atoms with van der Waals surface area (Å²) in [5, 5.41) is 17.7. The summed E-state index contributed by atoms with van der Waals surface area (Å²) in [6, 6.07) is 0. The van der Waals surface area contributed by atoms with Crippen molar-refractivity contribution in [2.75, 3.05) is 25.6 Å².